The molecule has 1 atom stereocenters. The summed E-state index contributed by atoms with van der Waals surface area (Å²) < 4.78 is 13.0. The Kier molecular flexibility index (Phi) is 6.52. The third-order valence-electron chi connectivity index (χ3n) is 5.14. The third-order valence-corrected chi connectivity index (χ3v) is 5.37. The van der Waals surface area contributed by atoms with Gasteiger partial charge in [-0.1, -0.05) is 24.6 Å². The zero-order chi connectivity index (χ0) is 20.1. The highest BCUT2D eigenvalue weighted by atomic mass is 35.5. The van der Waals surface area contributed by atoms with Crippen LogP contribution in [0.15, 0.2) is 48.5 Å². The molecule has 2 aromatic rings. The summed E-state index contributed by atoms with van der Waals surface area (Å²) in [6.45, 7) is 3.07. The van der Waals surface area contributed by atoms with Gasteiger partial charge in [0.05, 0.1) is 0 Å². The molecule has 28 heavy (non-hydrogen) atoms. The van der Waals surface area contributed by atoms with Crippen LogP contribution in [-0.2, 0) is 4.79 Å². The van der Waals surface area contributed by atoms with Crippen molar-refractivity contribution in [2.75, 3.05) is 23.7 Å². The predicted molar refractivity (Wildman–Crippen MR) is 109 cm³/mol. The van der Waals surface area contributed by atoms with E-state index in [1.54, 1.807) is 29.2 Å². The summed E-state index contributed by atoms with van der Waals surface area (Å²) in [6, 6.07) is 12.5. The highest BCUT2D eigenvalue weighted by Gasteiger charge is 2.30. The lowest BCUT2D eigenvalue weighted by Crippen LogP contribution is -2.43. The summed E-state index contributed by atoms with van der Waals surface area (Å²) >= 11 is 5.95. The van der Waals surface area contributed by atoms with E-state index in [9.17, 15) is 14.0 Å². The van der Waals surface area contributed by atoms with Gasteiger partial charge in [-0.25, -0.2) is 9.18 Å². The van der Waals surface area contributed by atoms with Crippen LogP contribution in [0, 0.1) is 17.7 Å². The molecule has 0 aliphatic carbocycles. The zero-order valence-corrected chi connectivity index (χ0v) is 16.4. The number of anilines is 2. The summed E-state index contributed by atoms with van der Waals surface area (Å²) in [4.78, 5) is 26.6. The number of hydrogen-bond donors (Lipinski definition) is 2. The van der Waals surface area contributed by atoms with Crippen molar-refractivity contribution in [3.63, 3.8) is 0 Å². The average Bonchev–Trinajstić information content (AvgIpc) is 2.69. The second kappa shape index (κ2) is 9.06. The maximum Gasteiger partial charge on any atom is 0.321 e. The van der Waals surface area contributed by atoms with Crippen molar-refractivity contribution in [1.29, 1.82) is 0 Å². The van der Waals surface area contributed by atoms with Crippen molar-refractivity contribution in [3.05, 3.63) is 59.4 Å². The van der Waals surface area contributed by atoms with Gasteiger partial charge >= 0.3 is 6.03 Å². The quantitative estimate of drug-likeness (QED) is 0.754. The number of nitrogens with zero attached hydrogens (tertiary/aromatic N) is 1. The van der Waals surface area contributed by atoms with Crippen LogP contribution in [0.3, 0.4) is 0 Å². The van der Waals surface area contributed by atoms with Gasteiger partial charge in [0.2, 0.25) is 5.91 Å². The van der Waals surface area contributed by atoms with E-state index in [2.05, 4.69) is 10.6 Å². The van der Waals surface area contributed by atoms with Crippen molar-refractivity contribution in [2.45, 2.75) is 19.8 Å². The van der Waals surface area contributed by atoms with Crippen LogP contribution in [0.5, 0.6) is 0 Å². The Bertz CT molecular complexity index is 836. The minimum atomic E-state index is -0.344. The number of likely N-dealkylation sites (tertiary alicyclic amines) is 1. The van der Waals surface area contributed by atoms with E-state index in [1.807, 2.05) is 6.92 Å². The largest absolute Gasteiger partial charge is 0.326 e. The molecule has 3 amide bonds. The fraction of sp³-hybridized carbons (Fsp3) is 0.333. The molecule has 2 aromatic carbocycles. The molecule has 0 saturated carbocycles. The Morgan fingerprint density at radius 1 is 1.07 bits per heavy atom. The molecule has 1 fully saturated rings. The van der Waals surface area contributed by atoms with E-state index < -0.39 is 0 Å². The number of carbonyl (C=O) groups is 2. The molecule has 0 bridgehead atoms. The topological polar surface area (TPSA) is 61.4 Å². The SMILES string of the molecule is C[C@@H](C(=O)Nc1cccc(Cl)c1)C1CCN(C(=O)Nc2ccc(F)cc2)CC1. The smallest absolute Gasteiger partial charge is 0.321 e. The Hall–Kier alpha value is -2.60. The molecule has 5 nitrogen and oxygen atoms in total. The first-order valence-electron chi connectivity index (χ1n) is 9.30. The molecular weight excluding hydrogens is 381 g/mol. The zero-order valence-electron chi connectivity index (χ0n) is 15.6. The summed E-state index contributed by atoms with van der Waals surface area (Å²) in [7, 11) is 0. The second-order valence-electron chi connectivity index (χ2n) is 7.05. The monoisotopic (exact) mass is 403 g/mol. The van der Waals surface area contributed by atoms with Crippen LogP contribution in [0.2, 0.25) is 5.02 Å². The Labute approximate surface area is 168 Å². The first-order chi connectivity index (χ1) is 13.4. The number of nitrogens with one attached hydrogen (secondary N) is 2. The highest BCUT2D eigenvalue weighted by Crippen LogP contribution is 2.27. The average molecular weight is 404 g/mol. The molecule has 1 heterocycles. The molecule has 148 valence electrons. The number of amides is 3. The predicted octanol–water partition coefficient (Wildman–Crippen LogP) is 5.00. The van der Waals surface area contributed by atoms with Crippen molar-refractivity contribution < 1.29 is 14.0 Å². The molecule has 1 saturated heterocycles. The highest BCUT2D eigenvalue weighted by molar-refractivity contribution is 6.30. The van der Waals surface area contributed by atoms with Crippen LogP contribution < -0.4 is 10.6 Å². The first kappa shape index (κ1) is 20.1. The fourth-order valence-corrected chi connectivity index (χ4v) is 3.56. The number of piperidine rings is 1. The number of rotatable bonds is 4. The van der Waals surface area contributed by atoms with Crippen LogP contribution in [0.25, 0.3) is 0 Å². The van der Waals surface area contributed by atoms with Crippen molar-refractivity contribution >= 4 is 34.9 Å². The van der Waals surface area contributed by atoms with Gasteiger partial charge in [-0.05, 0) is 61.2 Å². The Morgan fingerprint density at radius 2 is 1.75 bits per heavy atom. The van der Waals surface area contributed by atoms with Gasteiger partial charge < -0.3 is 15.5 Å². The number of hydrogen-bond acceptors (Lipinski definition) is 2. The molecule has 0 unspecified atom stereocenters. The van der Waals surface area contributed by atoms with Crippen LogP contribution in [-0.4, -0.2) is 29.9 Å². The van der Waals surface area contributed by atoms with Gasteiger partial charge in [0.15, 0.2) is 0 Å². The van der Waals surface area contributed by atoms with E-state index in [0.29, 0.717) is 29.5 Å². The van der Waals surface area contributed by atoms with E-state index in [-0.39, 0.29) is 29.6 Å². The molecule has 0 spiro atoms. The van der Waals surface area contributed by atoms with Crippen molar-refractivity contribution in [1.82, 2.24) is 4.90 Å². The number of halogens is 2. The fourth-order valence-electron chi connectivity index (χ4n) is 3.37. The van der Waals surface area contributed by atoms with Crippen LogP contribution >= 0.6 is 11.6 Å². The summed E-state index contributed by atoms with van der Waals surface area (Å²) in [5.41, 5.74) is 1.24. The van der Waals surface area contributed by atoms with E-state index in [1.165, 1.54) is 24.3 Å². The van der Waals surface area contributed by atoms with Crippen LogP contribution in [0.1, 0.15) is 19.8 Å². The number of carbonyl (C=O) groups excluding carboxylic acids is 2. The van der Waals surface area contributed by atoms with Gasteiger partial charge in [-0.2, -0.15) is 0 Å². The lowest BCUT2D eigenvalue weighted by atomic mass is 9.85. The number of urea groups is 1. The molecule has 0 radical (unpaired) electrons. The van der Waals surface area contributed by atoms with Crippen molar-refractivity contribution in [2.24, 2.45) is 11.8 Å². The van der Waals surface area contributed by atoms with E-state index >= 15 is 0 Å². The molecule has 2 N–H and O–H groups in total. The maximum atomic E-state index is 13.0. The molecule has 1 aliphatic heterocycles. The first-order valence-corrected chi connectivity index (χ1v) is 9.68. The third kappa shape index (κ3) is 5.23. The molecule has 7 heteroatoms. The number of benzene rings is 2. The maximum absolute atomic E-state index is 13.0. The second-order valence-corrected chi connectivity index (χ2v) is 7.49. The normalized spacial score (nSPS) is 15.8. The summed E-state index contributed by atoms with van der Waals surface area (Å²) in [5.74, 6) is -0.351. The van der Waals surface area contributed by atoms with Gasteiger partial charge in [0.1, 0.15) is 5.82 Å². The van der Waals surface area contributed by atoms with Gasteiger partial charge in [0, 0.05) is 35.4 Å². The molecule has 1 aliphatic rings. The summed E-state index contributed by atoms with van der Waals surface area (Å²) in [5, 5.41) is 6.25. The van der Waals surface area contributed by atoms with Gasteiger partial charge in [0.25, 0.3) is 0 Å². The molecule has 0 aromatic heterocycles. The Morgan fingerprint density at radius 3 is 2.39 bits per heavy atom. The van der Waals surface area contributed by atoms with Gasteiger partial charge in [-0.15, -0.1) is 0 Å². The van der Waals surface area contributed by atoms with E-state index in [4.69, 9.17) is 11.6 Å². The Balaban J connectivity index is 1.49. The standard InChI is InChI=1S/C21H23ClFN3O2/c1-14(20(27)24-19-4-2-3-16(22)13-19)15-9-11-26(12-10-15)21(28)25-18-7-5-17(23)6-8-18/h2-8,13-15H,9-12H2,1H3,(H,24,27)(H,25,28)/t14-/m1/s1. The van der Waals surface area contributed by atoms with Gasteiger partial charge in [-0.3, -0.25) is 4.79 Å². The lowest BCUT2D eigenvalue weighted by molar-refractivity contribution is -0.121. The van der Waals surface area contributed by atoms with E-state index in [0.717, 1.165) is 12.8 Å². The van der Waals surface area contributed by atoms with Crippen molar-refractivity contribution in [3.8, 4) is 0 Å². The molecule has 3 rings (SSSR count). The minimum Gasteiger partial charge on any atom is -0.326 e. The molecular formula is C21H23ClFN3O2. The van der Waals surface area contributed by atoms with Crippen LogP contribution in [0.4, 0.5) is 20.6 Å². The lowest BCUT2D eigenvalue weighted by Gasteiger charge is -2.34. The minimum absolute atomic E-state index is 0.0449. The summed E-state index contributed by atoms with van der Waals surface area (Å²) in [6.07, 6.45) is 1.50.